The summed E-state index contributed by atoms with van der Waals surface area (Å²) in [4.78, 5) is 8.00. The van der Waals surface area contributed by atoms with Crippen LogP contribution >= 0.6 is 0 Å². The van der Waals surface area contributed by atoms with Crippen LogP contribution in [0.2, 0.25) is 0 Å². The van der Waals surface area contributed by atoms with Crippen molar-refractivity contribution >= 4 is 16.9 Å². The Balaban J connectivity index is 1.81. The monoisotopic (exact) mass is 249 g/mol. The SMILES string of the molecule is CC1(C)OCC(Cn2cc3c(N)ncnc3n2)O1. The zero-order valence-corrected chi connectivity index (χ0v) is 10.3. The van der Waals surface area contributed by atoms with E-state index in [9.17, 15) is 0 Å². The minimum Gasteiger partial charge on any atom is -0.383 e. The number of anilines is 1. The molecule has 0 spiro atoms. The Labute approximate surface area is 104 Å². The number of hydrogen-bond acceptors (Lipinski definition) is 6. The third-order valence-electron chi connectivity index (χ3n) is 2.85. The summed E-state index contributed by atoms with van der Waals surface area (Å²) in [5.74, 6) is -0.0778. The van der Waals surface area contributed by atoms with Crippen LogP contribution in [-0.2, 0) is 16.0 Å². The molecule has 0 radical (unpaired) electrons. The van der Waals surface area contributed by atoms with Crippen molar-refractivity contribution in [3.63, 3.8) is 0 Å². The highest BCUT2D eigenvalue weighted by atomic mass is 16.7. The maximum atomic E-state index is 5.76. The molecule has 1 aliphatic heterocycles. The van der Waals surface area contributed by atoms with E-state index in [0.29, 0.717) is 24.6 Å². The second-order valence-electron chi connectivity index (χ2n) is 4.80. The van der Waals surface area contributed by atoms with Gasteiger partial charge in [0, 0.05) is 6.20 Å². The summed E-state index contributed by atoms with van der Waals surface area (Å²) in [6.07, 6.45) is 3.23. The van der Waals surface area contributed by atoms with Gasteiger partial charge in [0.2, 0.25) is 0 Å². The first-order chi connectivity index (χ1) is 8.53. The smallest absolute Gasteiger partial charge is 0.186 e. The third kappa shape index (κ3) is 2.02. The van der Waals surface area contributed by atoms with Crippen molar-refractivity contribution in [3.05, 3.63) is 12.5 Å². The Hall–Kier alpha value is -1.73. The number of rotatable bonds is 2. The maximum absolute atomic E-state index is 5.76. The van der Waals surface area contributed by atoms with Crippen LogP contribution < -0.4 is 5.73 Å². The van der Waals surface area contributed by atoms with Crippen LogP contribution in [0.25, 0.3) is 11.0 Å². The van der Waals surface area contributed by atoms with Gasteiger partial charge in [-0.2, -0.15) is 5.10 Å². The average Bonchev–Trinajstić information content (AvgIpc) is 2.83. The molecule has 1 aliphatic rings. The largest absolute Gasteiger partial charge is 0.383 e. The van der Waals surface area contributed by atoms with E-state index in [1.54, 1.807) is 4.68 Å². The molecule has 2 aromatic rings. The van der Waals surface area contributed by atoms with Crippen molar-refractivity contribution in [1.29, 1.82) is 0 Å². The van der Waals surface area contributed by atoms with E-state index in [4.69, 9.17) is 15.2 Å². The summed E-state index contributed by atoms with van der Waals surface area (Å²) in [5, 5.41) is 5.09. The Morgan fingerprint density at radius 3 is 3.00 bits per heavy atom. The lowest BCUT2D eigenvalue weighted by atomic mass is 10.3. The zero-order chi connectivity index (χ0) is 12.8. The van der Waals surface area contributed by atoms with Gasteiger partial charge in [-0.05, 0) is 13.8 Å². The Kier molecular flexibility index (Phi) is 2.46. The molecule has 1 saturated heterocycles. The number of hydrogen-bond donors (Lipinski definition) is 1. The van der Waals surface area contributed by atoms with Gasteiger partial charge in [-0.25, -0.2) is 9.97 Å². The lowest BCUT2D eigenvalue weighted by molar-refractivity contribution is -0.139. The normalized spacial score (nSPS) is 22.7. The number of nitrogen functional groups attached to an aromatic ring is 1. The van der Waals surface area contributed by atoms with E-state index < -0.39 is 5.79 Å². The van der Waals surface area contributed by atoms with Gasteiger partial charge < -0.3 is 15.2 Å². The summed E-state index contributed by atoms with van der Waals surface area (Å²) in [5.41, 5.74) is 6.36. The van der Waals surface area contributed by atoms with Crippen molar-refractivity contribution < 1.29 is 9.47 Å². The second kappa shape index (κ2) is 3.89. The van der Waals surface area contributed by atoms with E-state index in [0.717, 1.165) is 5.39 Å². The molecule has 1 fully saturated rings. The lowest BCUT2D eigenvalue weighted by Gasteiger charge is -2.16. The van der Waals surface area contributed by atoms with Crippen molar-refractivity contribution in [2.24, 2.45) is 0 Å². The lowest BCUT2D eigenvalue weighted by Crippen LogP contribution is -2.24. The van der Waals surface area contributed by atoms with Crippen LogP contribution in [0.3, 0.4) is 0 Å². The number of nitrogens with zero attached hydrogens (tertiary/aromatic N) is 4. The molecule has 7 heteroatoms. The summed E-state index contributed by atoms with van der Waals surface area (Å²) < 4.78 is 13.0. The molecule has 0 amide bonds. The first-order valence-electron chi connectivity index (χ1n) is 5.79. The minimum atomic E-state index is -0.518. The van der Waals surface area contributed by atoms with Crippen LogP contribution in [0.1, 0.15) is 13.8 Å². The van der Waals surface area contributed by atoms with E-state index in [1.165, 1.54) is 6.33 Å². The molecule has 1 atom stereocenters. The molecule has 96 valence electrons. The van der Waals surface area contributed by atoms with E-state index >= 15 is 0 Å². The van der Waals surface area contributed by atoms with Gasteiger partial charge in [0.25, 0.3) is 0 Å². The van der Waals surface area contributed by atoms with Gasteiger partial charge in [0.15, 0.2) is 11.4 Å². The Bertz CT molecular complexity index is 580. The maximum Gasteiger partial charge on any atom is 0.186 e. The van der Waals surface area contributed by atoms with Crippen molar-refractivity contribution in [2.45, 2.75) is 32.3 Å². The van der Waals surface area contributed by atoms with Crippen LogP contribution in [0.15, 0.2) is 12.5 Å². The predicted octanol–water partition coefficient (Wildman–Crippen LogP) is 0.560. The predicted molar refractivity (Wildman–Crippen MR) is 64.6 cm³/mol. The van der Waals surface area contributed by atoms with Gasteiger partial charge in [-0.15, -0.1) is 0 Å². The Morgan fingerprint density at radius 2 is 2.33 bits per heavy atom. The van der Waals surface area contributed by atoms with Gasteiger partial charge in [0.05, 0.1) is 18.5 Å². The molecule has 7 nitrogen and oxygen atoms in total. The summed E-state index contributed by atoms with van der Waals surface area (Å²) in [7, 11) is 0. The van der Waals surface area contributed by atoms with Crippen molar-refractivity contribution in [1.82, 2.24) is 19.7 Å². The number of fused-ring (bicyclic) bond motifs is 1. The van der Waals surface area contributed by atoms with Gasteiger partial charge >= 0.3 is 0 Å². The molecular weight excluding hydrogens is 234 g/mol. The van der Waals surface area contributed by atoms with Crippen LogP contribution in [0.5, 0.6) is 0 Å². The van der Waals surface area contributed by atoms with E-state index in [-0.39, 0.29) is 6.10 Å². The molecule has 18 heavy (non-hydrogen) atoms. The first kappa shape index (κ1) is 11.4. The molecule has 2 N–H and O–H groups in total. The Morgan fingerprint density at radius 1 is 1.50 bits per heavy atom. The number of nitrogens with two attached hydrogens (primary N) is 1. The van der Waals surface area contributed by atoms with Gasteiger partial charge in [0.1, 0.15) is 18.2 Å². The zero-order valence-electron chi connectivity index (χ0n) is 10.3. The molecule has 3 rings (SSSR count). The quantitative estimate of drug-likeness (QED) is 0.836. The highest BCUT2D eigenvalue weighted by Crippen LogP contribution is 2.23. The summed E-state index contributed by atoms with van der Waals surface area (Å²) in [6, 6.07) is 0. The molecule has 3 heterocycles. The first-order valence-corrected chi connectivity index (χ1v) is 5.79. The highest BCUT2D eigenvalue weighted by molar-refractivity contribution is 5.84. The molecule has 0 bridgehead atoms. The highest BCUT2D eigenvalue weighted by Gasteiger charge is 2.32. The molecule has 2 aromatic heterocycles. The van der Waals surface area contributed by atoms with Crippen molar-refractivity contribution in [2.75, 3.05) is 12.3 Å². The molecule has 0 saturated carbocycles. The van der Waals surface area contributed by atoms with Gasteiger partial charge in [-0.3, -0.25) is 4.68 Å². The molecule has 0 aromatic carbocycles. The second-order valence-corrected chi connectivity index (χ2v) is 4.80. The number of ether oxygens (including phenoxy) is 2. The molecular formula is C11H15N5O2. The van der Waals surface area contributed by atoms with Gasteiger partial charge in [-0.1, -0.05) is 0 Å². The third-order valence-corrected chi connectivity index (χ3v) is 2.85. The average molecular weight is 249 g/mol. The summed E-state index contributed by atoms with van der Waals surface area (Å²) in [6.45, 7) is 4.97. The fourth-order valence-electron chi connectivity index (χ4n) is 2.06. The van der Waals surface area contributed by atoms with Crippen LogP contribution in [0, 0.1) is 0 Å². The molecule has 1 unspecified atom stereocenters. The van der Waals surface area contributed by atoms with Crippen LogP contribution in [0.4, 0.5) is 5.82 Å². The fourth-order valence-corrected chi connectivity index (χ4v) is 2.06. The fraction of sp³-hybridized carbons (Fsp3) is 0.545. The van der Waals surface area contributed by atoms with E-state index in [1.807, 2.05) is 20.0 Å². The van der Waals surface area contributed by atoms with Crippen LogP contribution in [-0.4, -0.2) is 38.2 Å². The minimum absolute atomic E-state index is 0.0107. The molecule has 0 aliphatic carbocycles. The number of aromatic nitrogens is 4. The standard InChI is InChI=1S/C11H15N5O2/c1-11(2)17-5-7(18-11)3-16-4-8-9(12)13-6-14-10(8)15-16/h4,6-7H,3,5H2,1-2H3,(H2,12,13,14,15). The van der Waals surface area contributed by atoms with E-state index in [2.05, 4.69) is 15.1 Å². The van der Waals surface area contributed by atoms with Crippen molar-refractivity contribution in [3.8, 4) is 0 Å². The topological polar surface area (TPSA) is 88.1 Å². The summed E-state index contributed by atoms with van der Waals surface area (Å²) >= 11 is 0.